The Morgan fingerprint density at radius 1 is 1.14 bits per heavy atom. The highest BCUT2D eigenvalue weighted by atomic mass is 32.2. The van der Waals surface area contributed by atoms with Crippen molar-refractivity contribution in [2.45, 2.75) is 11.8 Å². The quantitative estimate of drug-likeness (QED) is 0.834. The minimum atomic E-state index is -0.408. The number of benzene rings is 2. The predicted octanol–water partition coefficient (Wildman–Crippen LogP) is 2.82. The van der Waals surface area contributed by atoms with Crippen LogP contribution >= 0.6 is 11.8 Å². The van der Waals surface area contributed by atoms with E-state index in [1.54, 1.807) is 18.2 Å². The molecule has 0 saturated heterocycles. The van der Waals surface area contributed by atoms with Gasteiger partial charge in [-0.2, -0.15) is 0 Å². The van der Waals surface area contributed by atoms with Gasteiger partial charge in [-0.25, -0.2) is 0 Å². The summed E-state index contributed by atoms with van der Waals surface area (Å²) in [5.41, 5.74) is 7.50. The second-order valence-electron chi connectivity index (χ2n) is 4.57. The number of rotatable bonds is 5. The van der Waals surface area contributed by atoms with Crippen molar-refractivity contribution in [3.05, 3.63) is 59.7 Å². The first-order valence-corrected chi connectivity index (χ1v) is 7.43. The summed E-state index contributed by atoms with van der Waals surface area (Å²) in [6, 6.07) is 14.7. The Balaban J connectivity index is 2.17. The van der Waals surface area contributed by atoms with Crippen molar-refractivity contribution in [1.29, 1.82) is 0 Å². The molecule has 0 aromatic heterocycles. The molecule has 0 aliphatic heterocycles. The maximum Gasteiger partial charge on any atom is 0.256 e. The van der Waals surface area contributed by atoms with E-state index in [1.165, 1.54) is 11.8 Å². The zero-order valence-electron chi connectivity index (χ0n) is 11.6. The number of nitrogens with one attached hydrogen (secondary N) is 1. The van der Waals surface area contributed by atoms with Gasteiger partial charge in [0.1, 0.15) is 0 Å². The lowest BCUT2D eigenvalue weighted by atomic mass is 10.2. The van der Waals surface area contributed by atoms with Crippen LogP contribution in [0.2, 0.25) is 0 Å². The molecule has 0 radical (unpaired) electrons. The van der Waals surface area contributed by atoms with Crippen LogP contribution in [-0.4, -0.2) is 17.6 Å². The Morgan fingerprint density at radius 3 is 2.62 bits per heavy atom. The van der Waals surface area contributed by atoms with Crippen molar-refractivity contribution >= 4 is 29.3 Å². The lowest BCUT2D eigenvalue weighted by molar-refractivity contribution is -0.115. The van der Waals surface area contributed by atoms with Gasteiger partial charge in [-0.1, -0.05) is 24.3 Å². The lowest BCUT2D eigenvalue weighted by Gasteiger charge is -2.09. The SMILES string of the molecule is Cc1cccc(NC(=O)c2ccccc2SCC(N)=O)c1. The third-order valence-corrected chi connectivity index (χ3v) is 3.87. The smallest absolute Gasteiger partial charge is 0.256 e. The molecular weight excluding hydrogens is 284 g/mol. The van der Waals surface area contributed by atoms with E-state index in [1.807, 2.05) is 37.3 Å². The average molecular weight is 300 g/mol. The summed E-state index contributed by atoms with van der Waals surface area (Å²) in [5, 5.41) is 2.86. The first-order valence-electron chi connectivity index (χ1n) is 6.44. The Labute approximate surface area is 127 Å². The number of anilines is 1. The molecule has 4 nitrogen and oxygen atoms in total. The summed E-state index contributed by atoms with van der Waals surface area (Å²) in [4.78, 5) is 24.0. The van der Waals surface area contributed by atoms with E-state index in [4.69, 9.17) is 5.73 Å². The minimum Gasteiger partial charge on any atom is -0.369 e. The zero-order valence-corrected chi connectivity index (χ0v) is 12.4. The zero-order chi connectivity index (χ0) is 15.2. The molecule has 0 atom stereocenters. The number of amides is 2. The molecule has 0 bridgehead atoms. The molecule has 108 valence electrons. The van der Waals surface area contributed by atoms with E-state index in [2.05, 4.69) is 5.32 Å². The van der Waals surface area contributed by atoms with Gasteiger partial charge in [-0.05, 0) is 36.8 Å². The molecule has 2 aromatic rings. The monoisotopic (exact) mass is 300 g/mol. The predicted molar refractivity (Wildman–Crippen MR) is 85.5 cm³/mol. The molecule has 21 heavy (non-hydrogen) atoms. The highest BCUT2D eigenvalue weighted by Gasteiger charge is 2.12. The molecule has 0 aliphatic carbocycles. The maximum absolute atomic E-state index is 12.4. The Morgan fingerprint density at radius 2 is 1.90 bits per heavy atom. The van der Waals surface area contributed by atoms with Crippen molar-refractivity contribution in [3.8, 4) is 0 Å². The molecule has 5 heteroatoms. The van der Waals surface area contributed by atoms with Crippen LogP contribution in [0.1, 0.15) is 15.9 Å². The third-order valence-electron chi connectivity index (χ3n) is 2.78. The molecule has 0 fully saturated rings. The van der Waals surface area contributed by atoms with Gasteiger partial charge in [0.15, 0.2) is 0 Å². The normalized spacial score (nSPS) is 10.1. The van der Waals surface area contributed by atoms with E-state index < -0.39 is 5.91 Å². The van der Waals surface area contributed by atoms with Gasteiger partial charge >= 0.3 is 0 Å². The summed E-state index contributed by atoms with van der Waals surface area (Å²) < 4.78 is 0. The molecule has 0 unspecified atom stereocenters. The number of aryl methyl sites for hydroxylation is 1. The van der Waals surface area contributed by atoms with Crippen LogP contribution in [0.3, 0.4) is 0 Å². The second kappa shape index (κ2) is 6.95. The van der Waals surface area contributed by atoms with Crippen LogP contribution in [0.4, 0.5) is 5.69 Å². The van der Waals surface area contributed by atoms with Crippen LogP contribution in [0, 0.1) is 6.92 Å². The number of hydrogen-bond acceptors (Lipinski definition) is 3. The Bertz CT molecular complexity index is 671. The van der Waals surface area contributed by atoms with Gasteiger partial charge in [-0.3, -0.25) is 9.59 Å². The second-order valence-corrected chi connectivity index (χ2v) is 5.59. The van der Waals surface area contributed by atoms with Gasteiger partial charge in [0.2, 0.25) is 5.91 Å². The fourth-order valence-electron chi connectivity index (χ4n) is 1.85. The summed E-state index contributed by atoms with van der Waals surface area (Å²) in [7, 11) is 0. The maximum atomic E-state index is 12.4. The molecule has 3 N–H and O–H groups in total. The first kappa shape index (κ1) is 15.1. The largest absolute Gasteiger partial charge is 0.369 e. The van der Waals surface area contributed by atoms with Gasteiger partial charge in [0.05, 0.1) is 11.3 Å². The van der Waals surface area contributed by atoms with Crippen LogP contribution < -0.4 is 11.1 Å². The molecule has 2 aromatic carbocycles. The summed E-state index contributed by atoms with van der Waals surface area (Å²) >= 11 is 1.26. The fourth-order valence-corrected chi connectivity index (χ4v) is 2.64. The van der Waals surface area contributed by atoms with Gasteiger partial charge in [-0.15, -0.1) is 11.8 Å². The van der Waals surface area contributed by atoms with E-state index in [-0.39, 0.29) is 11.7 Å². The lowest BCUT2D eigenvalue weighted by Crippen LogP contribution is -2.15. The number of nitrogens with two attached hydrogens (primary N) is 1. The minimum absolute atomic E-state index is 0.148. The molecule has 0 heterocycles. The summed E-state index contributed by atoms with van der Waals surface area (Å²) in [6.45, 7) is 1.96. The van der Waals surface area contributed by atoms with Crippen molar-refractivity contribution < 1.29 is 9.59 Å². The Kier molecular flexibility index (Phi) is 5.00. The molecule has 0 spiro atoms. The van der Waals surface area contributed by atoms with E-state index in [0.29, 0.717) is 5.56 Å². The number of hydrogen-bond donors (Lipinski definition) is 2. The van der Waals surface area contributed by atoms with E-state index in [0.717, 1.165) is 16.1 Å². The number of thioether (sulfide) groups is 1. The van der Waals surface area contributed by atoms with Crippen LogP contribution in [0.25, 0.3) is 0 Å². The number of carbonyl (C=O) groups excluding carboxylic acids is 2. The summed E-state index contributed by atoms with van der Waals surface area (Å²) in [6.07, 6.45) is 0. The third kappa shape index (κ3) is 4.36. The highest BCUT2D eigenvalue weighted by molar-refractivity contribution is 8.00. The number of carbonyl (C=O) groups is 2. The Hall–Kier alpha value is -2.27. The molecule has 0 aliphatic rings. The van der Waals surface area contributed by atoms with Crippen LogP contribution in [0.5, 0.6) is 0 Å². The standard InChI is InChI=1S/C16H16N2O2S/c1-11-5-4-6-12(9-11)18-16(20)13-7-2-3-8-14(13)21-10-15(17)19/h2-9H,10H2,1H3,(H2,17,19)(H,18,20). The van der Waals surface area contributed by atoms with E-state index in [9.17, 15) is 9.59 Å². The molecule has 2 rings (SSSR count). The van der Waals surface area contributed by atoms with Crippen molar-refractivity contribution in [1.82, 2.24) is 0 Å². The van der Waals surface area contributed by atoms with Crippen molar-refractivity contribution in [2.75, 3.05) is 11.1 Å². The highest BCUT2D eigenvalue weighted by Crippen LogP contribution is 2.23. The van der Waals surface area contributed by atoms with Gasteiger partial charge < -0.3 is 11.1 Å². The number of primary amides is 1. The average Bonchev–Trinajstić information content (AvgIpc) is 2.45. The van der Waals surface area contributed by atoms with Crippen LogP contribution in [0.15, 0.2) is 53.4 Å². The van der Waals surface area contributed by atoms with Crippen molar-refractivity contribution in [3.63, 3.8) is 0 Å². The van der Waals surface area contributed by atoms with Gasteiger partial charge in [0.25, 0.3) is 5.91 Å². The summed E-state index contributed by atoms with van der Waals surface area (Å²) in [5.74, 6) is -0.462. The fraction of sp³-hybridized carbons (Fsp3) is 0.125. The molecule has 0 saturated carbocycles. The van der Waals surface area contributed by atoms with E-state index >= 15 is 0 Å². The first-order chi connectivity index (χ1) is 10.1. The van der Waals surface area contributed by atoms with Gasteiger partial charge in [0, 0.05) is 10.6 Å². The molecular formula is C16H16N2O2S. The van der Waals surface area contributed by atoms with Crippen molar-refractivity contribution in [2.24, 2.45) is 5.73 Å². The molecule has 2 amide bonds. The topological polar surface area (TPSA) is 72.2 Å². The van der Waals surface area contributed by atoms with Crippen LogP contribution in [-0.2, 0) is 4.79 Å².